The average Bonchev–Trinajstić information content (AvgIpc) is 3.79. The summed E-state index contributed by atoms with van der Waals surface area (Å²) in [6.07, 6.45) is 0. The molecule has 1 aromatic heterocycles. The van der Waals surface area contributed by atoms with E-state index in [0.29, 0.717) is 0 Å². The number of anilines is 3. The Morgan fingerprint density at radius 2 is 0.966 bits per heavy atom. The van der Waals surface area contributed by atoms with Crippen LogP contribution in [0.3, 0.4) is 0 Å². The molecule has 9 aromatic carbocycles. The van der Waals surface area contributed by atoms with Crippen LogP contribution in [0.25, 0.3) is 77.6 Å². The molecule has 0 saturated carbocycles. The smallest absolute Gasteiger partial charge is 0.136 e. The van der Waals surface area contributed by atoms with Crippen LogP contribution in [0.1, 0.15) is 25.0 Å². The molecule has 0 radical (unpaired) electrons. The molecule has 10 aromatic rings. The largest absolute Gasteiger partial charge is 0.456 e. The predicted octanol–water partition coefficient (Wildman–Crippen LogP) is 16.0. The molecular formula is C57H41NO. The van der Waals surface area contributed by atoms with Gasteiger partial charge in [-0.1, -0.05) is 178 Å². The Morgan fingerprint density at radius 1 is 0.373 bits per heavy atom. The lowest BCUT2D eigenvalue weighted by Crippen LogP contribution is -2.17. The van der Waals surface area contributed by atoms with Gasteiger partial charge in [0.25, 0.3) is 0 Å². The van der Waals surface area contributed by atoms with Gasteiger partial charge < -0.3 is 9.32 Å². The molecule has 280 valence electrons. The third-order valence-electron chi connectivity index (χ3n) is 12.3. The summed E-state index contributed by atoms with van der Waals surface area (Å²) in [5.41, 5.74) is 19.5. The first-order valence-electron chi connectivity index (χ1n) is 20.4. The van der Waals surface area contributed by atoms with Crippen LogP contribution in [-0.2, 0) is 5.41 Å². The molecule has 0 N–H and O–H groups in total. The summed E-state index contributed by atoms with van der Waals surface area (Å²) < 4.78 is 6.60. The molecule has 0 atom stereocenters. The molecule has 2 nitrogen and oxygen atoms in total. The predicted molar refractivity (Wildman–Crippen MR) is 248 cm³/mol. The molecule has 0 saturated heterocycles. The van der Waals surface area contributed by atoms with E-state index in [1.807, 2.05) is 0 Å². The summed E-state index contributed by atoms with van der Waals surface area (Å²) in [6, 6.07) is 76.9. The van der Waals surface area contributed by atoms with Crippen LogP contribution < -0.4 is 4.90 Å². The van der Waals surface area contributed by atoms with E-state index in [2.05, 4.69) is 231 Å². The maximum Gasteiger partial charge on any atom is 0.136 e. The molecular weight excluding hydrogens is 715 g/mol. The summed E-state index contributed by atoms with van der Waals surface area (Å²) in [7, 11) is 0. The third kappa shape index (κ3) is 5.71. The lowest BCUT2D eigenvalue weighted by molar-refractivity contribution is 0.660. The van der Waals surface area contributed by atoms with Crippen LogP contribution in [0.4, 0.5) is 17.1 Å². The minimum absolute atomic E-state index is 0.152. The van der Waals surface area contributed by atoms with Gasteiger partial charge in [-0.3, -0.25) is 0 Å². The lowest BCUT2D eigenvalue weighted by atomic mass is 9.82. The van der Waals surface area contributed by atoms with Gasteiger partial charge in [0.2, 0.25) is 0 Å². The van der Waals surface area contributed by atoms with Crippen LogP contribution in [0.2, 0.25) is 0 Å². The Morgan fingerprint density at radius 3 is 1.78 bits per heavy atom. The fourth-order valence-electron chi connectivity index (χ4n) is 9.50. The van der Waals surface area contributed by atoms with Crippen molar-refractivity contribution in [2.24, 2.45) is 0 Å². The number of hydrogen-bond donors (Lipinski definition) is 0. The van der Waals surface area contributed by atoms with Crippen LogP contribution in [-0.4, -0.2) is 0 Å². The second-order valence-corrected chi connectivity index (χ2v) is 16.0. The number of benzene rings is 9. The van der Waals surface area contributed by atoms with Crippen LogP contribution >= 0.6 is 0 Å². The minimum atomic E-state index is -0.152. The SMILES string of the molecule is CC1(C)c2ccccc2-c2ccc(N(c3cccc(-c4ccccc4)c3)c3ccccc3-c3ccc4oc5ccccc5c4c3-c3ccccc3-c3ccccc3)cc21. The fraction of sp³-hybridized carbons (Fsp3) is 0.0526. The van der Waals surface area contributed by atoms with Crippen molar-refractivity contribution in [3.63, 3.8) is 0 Å². The van der Waals surface area contributed by atoms with E-state index in [1.165, 1.54) is 44.5 Å². The number of rotatable bonds is 7. The van der Waals surface area contributed by atoms with E-state index in [1.54, 1.807) is 0 Å². The van der Waals surface area contributed by atoms with Gasteiger partial charge in [0.15, 0.2) is 0 Å². The molecule has 59 heavy (non-hydrogen) atoms. The van der Waals surface area contributed by atoms with E-state index >= 15 is 0 Å². The normalized spacial score (nSPS) is 12.7. The van der Waals surface area contributed by atoms with Gasteiger partial charge in [-0.15, -0.1) is 0 Å². The van der Waals surface area contributed by atoms with Gasteiger partial charge >= 0.3 is 0 Å². The minimum Gasteiger partial charge on any atom is -0.456 e. The summed E-state index contributed by atoms with van der Waals surface area (Å²) in [5.74, 6) is 0. The Kier molecular flexibility index (Phi) is 8.20. The van der Waals surface area contributed by atoms with E-state index in [-0.39, 0.29) is 5.41 Å². The Bertz CT molecular complexity index is 3190. The van der Waals surface area contributed by atoms with Crippen molar-refractivity contribution in [2.75, 3.05) is 4.90 Å². The van der Waals surface area contributed by atoms with Crippen molar-refractivity contribution in [1.82, 2.24) is 0 Å². The maximum absolute atomic E-state index is 6.60. The Balaban J connectivity index is 1.20. The average molecular weight is 756 g/mol. The highest BCUT2D eigenvalue weighted by molar-refractivity contribution is 6.18. The van der Waals surface area contributed by atoms with Gasteiger partial charge in [-0.2, -0.15) is 0 Å². The third-order valence-corrected chi connectivity index (χ3v) is 12.3. The highest BCUT2D eigenvalue weighted by Gasteiger charge is 2.36. The zero-order chi connectivity index (χ0) is 39.5. The van der Waals surface area contributed by atoms with Gasteiger partial charge in [0, 0.05) is 38.7 Å². The highest BCUT2D eigenvalue weighted by Crippen LogP contribution is 2.53. The number of para-hydroxylation sites is 2. The number of furan rings is 1. The van der Waals surface area contributed by atoms with E-state index in [9.17, 15) is 0 Å². The summed E-state index contributed by atoms with van der Waals surface area (Å²) in [4.78, 5) is 2.46. The second-order valence-electron chi connectivity index (χ2n) is 16.0. The van der Waals surface area contributed by atoms with E-state index < -0.39 is 0 Å². The molecule has 2 heteroatoms. The molecule has 1 heterocycles. The maximum atomic E-state index is 6.60. The fourth-order valence-corrected chi connectivity index (χ4v) is 9.50. The van der Waals surface area contributed by atoms with Crippen molar-refractivity contribution in [3.8, 4) is 55.6 Å². The quantitative estimate of drug-likeness (QED) is 0.161. The molecule has 0 bridgehead atoms. The van der Waals surface area contributed by atoms with Gasteiger partial charge in [0.1, 0.15) is 11.2 Å². The molecule has 0 aliphatic heterocycles. The topological polar surface area (TPSA) is 16.4 Å². The van der Waals surface area contributed by atoms with Gasteiger partial charge in [-0.25, -0.2) is 0 Å². The second kappa shape index (κ2) is 13.9. The summed E-state index contributed by atoms with van der Waals surface area (Å²) >= 11 is 0. The Labute approximate surface area is 345 Å². The van der Waals surface area contributed by atoms with Crippen molar-refractivity contribution in [3.05, 3.63) is 223 Å². The molecule has 0 fully saturated rings. The van der Waals surface area contributed by atoms with Crippen molar-refractivity contribution < 1.29 is 4.42 Å². The zero-order valence-electron chi connectivity index (χ0n) is 33.1. The van der Waals surface area contributed by atoms with Crippen LogP contribution in [0.5, 0.6) is 0 Å². The van der Waals surface area contributed by atoms with Gasteiger partial charge in [-0.05, 0) is 104 Å². The zero-order valence-corrected chi connectivity index (χ0v) is 33.1. The molecule has 0 spiro atoms. The molecule has 0 unspecified atom stereocenters. The number of fused-ring (bicyclic) bond motifs is 6. The lowest BCUT2D eigenvalue weighted by Gasteiger charge is -2.30. The first-order valence-corrected chi connectivity index (χ1v) is 20.4. The monoisotopic (exact) mass is 755 g/mol. The Hall–Kier alpha value is -7.42. The molecule has 1 aliphatic rings. The van der Waals surface area contributed by atoms with Crippen molar-refractivity contribution >= 4 is 39.0 Å². The van der Waals surface area contributed by atoms with Gasteiger partial charge in [0.05, 0.1) is 5.69 Å². The first kappa shape index (κ1) is 34.8. The number of nitrogens with zero attached hydrogens (tertiary/aromatic N) is 1. The van der Waals surface area contributed by atoms with Crippen LogP contribution in [0, 0.1) is 0 Å². The summed E-state index contributed by atoms with van der Waals surface area (Å²) in [6.45, 7) is 4.72. The number of hydrogen-bond acceptors (Lipinski definition) is 2. The standard InChI is InChI=1S/C57H41NO/c1-57(2)50-29-14-11-25-44(50)45-33-32-42(37-51(45)57)58(41-23-17-22-40(36-41)38-18-5-3-6-19-38)52-30-15-12-26-46(52)48-34-35-54-56(49-28-13-16-31-53(49)59-54)55(48)47-27-10-9-24-43(47)39-20-7-4-8-21-39/h3-37H,1-2H3. The summed E-state index contributed by atoms with van der Waals surface area (Å²) in [5, 5.41) is 2.22. The highest BCUT2D eigenvalue weighted by atomic mass is 16.3. The van der Waals surface area contributed by atoms with Crippen LogP contribution in [0.15, 0.2) is 217 Å². The molecule has 11 rings (SSSR count). The molecule has 0 amide bonds. The molecule has 1 aliphatic carbocycles. The van der Waals surface area contributed by atoms with Crippen molar-refractivity contribution in [1.29, 1.82) is 0 Å². The van der Waals surface area contributed by atoms with E-state index in [0.717, 1.165) is 61.3 Å². The van der Waals surface area contributed by atoms with E-state index in [4.69, 9.17) is 4.42 Å². The van der Waals surface area contributed by atoms with Crippen molar-refractivity contribution in [2.45, 2.75) is 19.3 Å². The first-order chi connectivity index (χ1) is 29.0.